The number of anilines is 1. The summed E-state index contributed by atoms with van der Waals surface area (Å²) in [7, 11) is 0. The van der Waals surface area contributed by atoms with Gasteiger partial charge >= 0.3 is 0 Å². The van der Waals surface area contributed by atoms with Crippen LogP contribution in [0.25, 0.3) is 11.1 Å². The Hall–Kier alpha value is -1.84. The summed E-state index contributed by atoms with van der Waals surface area (Å²) in [4.78, 5) is 0. The van der Waals surface area contributed by atoms with Gasteiger partial charge in [0.2, 0.25) is 0 Å². The molecule has 0 spiro atoms. The number of unbranched alkanes of at least 4 members (excludes halogenated alkanes) is 3. The first kappa shape index (κ1) is 14.6. The predicted molar refractivity (Wildman–Crippen MR) is 80.9 cm³/mol. The van der Waals surface area contributed by atoms with Crippen molar-refractivity contribution in [2.75, 3.05) is 5.73 Å². The fourth-order valence-electron chi connectivity index (χ4n) is 2.25. The first-order chi connectivity index (χ1) is 9.63. The van der Waals surface area contributed by atoms with E-state index in [1.54, 1.807) is 25.3 Å². The molecule has 0 saturated carbocycles. The molecule has 0 radical (unpaired) electrons. The molecule has 0 fully saturated rings. The highest BCUT2D eigenvalue weighted by Crippen LogP contribution is 2.27. The predicted octanol–water partition coefficient (Wildman–Crippen LogP) is 4.16. The van der Waals surface area contributed by atoms with E-state index >= 15 is 0 Å². The van der Waals surface area contributed by atoms with Crippen molar-refractivity contribution in [3.05, 3.63) is 35.9 Å². The zero-order chi connectivity index (χ0) is 14.5. The van der Waals surface area contributed by atoms with E-state index in [2.05, 4.69) is 12.0 Å². The molecule has 2 aromatic rings. The van der Waals surface area contributed by atoms with E-state index in [-0.39, 0.29) is 5.82 Å². The molecule has 1 heterocycles. The van der Waals surface area contributed by atoms with E-state index in [4.69, 9.17) is 5.73 Å². The molecule has 0 aliphatic heterocycles. The van der Waals surface area contributed by atoms with E-state index in [9.17, 15) is 4.39 Å². The van der Waals surface area contributed by atoms with Crippen molar-refractivity contribution in [3.63, 3.8) is 0 Å². The van der Waals surface area contributed by atoms with Crippen LogP contribution in [0.15, 0.2) is 24.5 Å². The van der Waals surface area contributed by atoms with Crippen molar-refractivity contribution in [2.45, 2.75) is 46.1 Å². The fourth-order valence-corrected chi connectivity index (χ4v) is 2.25. The van der Waals surface area contributed by atoms with Crippen LogP contribution in [0.2, 0.25) is 0 Å². The molecule has 1 aromatic heterocycles. The van der Waals surface area contributed by atoms with Crippen molar-refractivity contribution in [2.24, 2.45) is 0 Å². The van der Waals surface area contributed by atoms with E-state index < -0.39 is 0 Å². The van der Waals surface area contributed by atoms with Gasteiger partial charge in [0.05, 0.1) is 6.20 Å². The smallest absolute Gasteiger partial charge is 0.136 e. The molecule has 4 heteroatoms. The summed E-state index contributed by atoms with van der Waals surface area (Å²) in [5.41, 5.74) is 8.06. The van der Waals surface area contributed by atoms with E-state index in [0.717, 1.165) is 18.5 Å². The number of rotatable bonds is 6. The SMILES string of the molecule is CCCCCCn1cc(-c2ccc(N)c(C)c2F)cn1. The first-order valence-corrected chi connectivity index (χ1v) is 7.21. The van der Waals surface area contributed by atoms with Crippen LogP contribution in [0.3, 0.4) is 0 Å². The van der Waals surface area contributed by atoms with Crippen LogP contribution in [-0.4, -0.2) is 9.78 Å². The lowest BCUT2D eigenvalue weighted by Gasteiger charge is -2.06. The molecular formula is C16H22FN3. The second-order valence-corrected chi connectivity index (χ2v) is 5.19. The van der Waals surface area contributed by atoms with Gasteiger partial charge in [0, 0.05) is 35.1 Å². The van der Waals surface area contributed by atoms with Gasteiger partial charge in [-0.2, -0.15) is 5.10 Å². The Balaban J connectivity index is 2.11. The van der Waals surface area contributed by atoms with Crippen LogP contribution in [0.4, 0.5) is 10.1 Å². The third-order valence-electron chi connectivity index (χ3n) is 3.61. The van der Waals surface area contributed by atoms with Crippen LogP contribution >= 0.6 is 0 Å². The molecule has 0 aliphatic carbocycles. The summed E-state index contributed by atoms with van der Waals surface area (Å²) in [6.45, 7) is 4.77. The minimum atomic E-state index is -0.254. The van der Waals surface area contributed by atoms with Gasteiger partial charge in [0.25, 0.3) is 0 Å². The standard InChI is InChI=1S/C16H22FN3/c1-3-4-5-6-9-20-11-13(10-19-20)14-7-8-15(18)12(2)16(14)17/h7-8,10-11H,3-6,9,18H2,1-2H3. The van der Waals surface area contributed by atoms with Gasteiger partial charge in [-0.05, 0) is 25.5 Å². The minimum Gasteiger partial charge on any atom is -0.398 e. The molecule has 108 valence electrons. The maximum Gasteiger partial charge on any atom is 0.136 e. The number of hydrogen-bond acceptors (Lipinski definition) is 2. The van der Waals surface area contributed by atoms with Gasteiger partial charge < -0.3 is 5.73 Å². The molecule has 1 aromatic carbocycles. The summed E-state index contributed by atoms with van der Waals surface area (Å²) >= 11 is 0. The van der Waals surface area contributed by atoms with E-state index in [0.29, 0.717) is 16.8 Å². The third kappa shape index (κ3) is 3.18. The summed E-state index contributed by atoms with van der Waals surface area (Å²) < 4.78 is 16.1. The minimum absolute atomic E-state index is 0.254. The summed E-state index contributed by atoms with van der Waals surface area (Å²) in [6.07, 6.45) is 8.41. The molecule has 2 rings (SSSR count). The number of aromatic nitrogens is 2. The lowest BCUT2D eigenvalue weighted by Crippen LogP contribution is -1.98. The maximum absolute atomic E-state index is 14.2. The highest BCUT2D eigenvalue weighted by Gasteiger charge is 2.11. The molecule has 0 amide bonds. The monoisotopic (exact) mass is 275 g/mol. The lowest BCUT2D eigenvalue weighted by atomic mass is 10.0. The number of nitrogens with zero attached hydrogens (tertiary/aromatic N) is 2. The summed E-state index contributed by atoms with van der Waals surface area (Å²) in [5.74, 6) is -0.254. The number of hydrogen-bond donors (Lipinski definition) is 1. The molecule has 20 heavy (non-hydrogen) atoms. The van der Waals surface area contributed by atoms with Gasteiger partial charge in [0.15, 0.2) is 0 Å². The van der Waals surface area contributed by atoms with Crippen molar-refractivity contribution < 1.29 is 4.39 Å². The zero-order valence-corrected chi connectivity index (χ0v) is 12.2. The highest BCUT2D eigenvalue weighted by atomic mass is 19.1. The molecule has 0 saturated heterocycles. The van der Waals surface area contributed by atoms with E-state index in [1.807, 2.05) is 10.9 Å². The Bertz CT molecular complexity index is 575. The number of nitrogens with two attached hydrogens (primary N) is 1. The molecular weight excluding hydrogens is 253 g/mol. The average Bonchev–Trinajstić information content (AvgIpc) is 2.90. The van der Waals surface area contributed by atoms with Crippen molar-refractivity contribution in [1.82, 2.24) is 9.78 Å². The Morgan fingerprint density at radius 2 is 2.05 bits per heavy atom. The highest BCUT2D eigenvalue weighted by molar-refractivity contribution is 5.67. The van der Waals surface area contributed by atoms with Crippen molar-refractivity contribution >= 4 is 5.69 Å². The number of halogens is 1. The molecule has 0 atom stereocenters. The van der Waals surface area contributed by atoms with Gasteiger partial charge in [-0.25, -0.2) is 4.39 Å². The largest absolute Gasteiger partial charge is 0.398 e. The third-order valence-corrected chi connectivity index (χ3v) is 3.61. The van der Waals surface area contributed by atoms with Crippen LogP contribution in [0, 0.1) is 12.7 Å². The van der Waals surface area contributed by atoms with Crippen LogP contribution in [0.5, 0.6) is 0 Å². The Morgan fingerprint density at radius 1 is 1.25 bits per heavy atom. The quantitative estimate of drug-likeness (QED) is 0.635. The van der Waals surface area contributed by atoms with Gasteiger partial charge in [-0.1, -0.05) is 26.2 Å². The van der Waals surface area contributed by atoms with E-state index in [1.165, 1.54) is 19.3 Å². The molecule has 2 N–H and O–H groups in total. The first-order valence-electron chi connectivity index (χ1n) is 7.21. The number of aryl methyl sites for hydroxylation is 1. The van der Waals surface area contributed by atoms with Crippen molar-refractivity contribution in [3.8, 4) is 11.1 Å². The van der Waals surface area contributed by atoms with Crippen LogP contribution in [0.1, 0.15) is 38.2 Å². The average molecular weight is 275 g/mol. The fraction of sp³-hybridized carbons (Fsp3) is 0.438. The van der Waals surface area contributed by atoms with Crippen LogP contribution in [-0.2, 0) is 6.54 Å². The molecule has 0 unspecified atom stereocenters. The zero-order valence-electron chi connectivity index (χ0n) is 12.2. The summed E-state index contributed by atoms with van der Waals surface area (Å²) in [6, 6.07) is 3.46. The maximum atomic E-state index is 14.2. The number of nitrogen functional groups attached to an aromatic ring is 1. The van der Waals surface area contributed by atoms with Gasteiger partial charge in [-0.3, -0.25) is 4.68 Å². The topological polar surface area (TPSA) is 43.8 Å². The Kier molecular flexibility index (Phi) is 4.77. The molecule has 0 bridgehead atoms. The second-order valence-electron chi connectivity index (χ2n) is 5.19. The number of benzene rings is 1. The Morgan fingerprint density at radius 3 is 2.80 bits per heavy atom. The normalized spacial score (nSPS) is 10.9. The lowest BCUT2D eigenvalue weighted by molar-refractivity contribution is 0.541. The molecule has 3 nitrogen and oxygen atoms in total. The van der Waals surface area contributed by atoms with Gasteiger partial charge in [0.1, 0.15) is 5.82 Å². The van der Waals surface area contributed by atoms with Gasteiger partial charge in [-0.15, -0.1) is 0 Å². The second kappa shape index (κ2) is 6.55. The molecule has 0 aliphatic rings. The van der Waals surface area contributed by atoms with Crippen LogP contribution < -0.4 is 5.73 Å². The van der Waals surface area contributed by atoms with Crippen molar-refractivity contribution in [1.29, 1.82) is 0 Å². The Labute approximate surface area is 119 Å². The summed E-state index contributed by atoms with van der Waals surface area (Å²) in [5, 5.41) is 4.30.